The minimum atomic E-state index is 0.844. The molecule has 0 aliphatic rings. The molecular weight excluding hydrogens is 256 g/mol. The SMILES string of the molecule is CCCCCCCCCCCCCl.Cn1ccnc1. The van der Waals surface area contributed by atoms with E-state index in [0.29, 0.717) is 0 Å². The van der Waals surface area contributed by atoms with Gasteiger partial charge in [-0.1, -0.05) is 64.7 Å². The van der Waals surface area contributed by atoms with Gasteiger partial charge in [0.25, 0.3) is 0 Å². The maximum atomic E-state index is 5.60. The second kappa shape index (κ2) is 15.6. The number of alkyl halides is 1. The highest BCUT2D eigenvalue weighted by Crippen LogP contribution is 2.10. The fraction of sp³-hybridized carbons (Fsp3) is 0.812. The van der Waals surface area contributed by atoms with Crippen LogP contribution in [0, 0.1) is 0 Å². The van der Waals surface area contributed by atoms with Crippen LogP contribution < -0.4 is 0 Å². The minimum absolute atomic E-state index is 0.844. The number of hydrogen-bond acceptors (Lipinski definition) is 1. The van der Waals surface area contributed by atoms with E-state index in [1.807, 2.05) is 17.8 Å². The van der Waals surface area contributed by atoms with Crippen LogP contribution in [0.15, 0.2) is 18.7 Å². The molecule has 0 amide bonds. The Morgan fingerprint density at radius 3 is 1.74 bits per heavy atom. The molecule has 0 spiro atoms. The number of imidazole rings is 1. The molecule has 0 aliphatic carbocycles. The molecule has 112 valence electrons. The van der Waals surface area contributed by atoms with Crippen LogP contribution in [0.1, 0.15) is 71.1 Å². The van der Waals surface area contributed by atoms with Crippen LogP contribution >= 0.6 is 11.6 Å². The Hall–Kier alpha value is -0.500. The lowest BCUT2D eigenvalue weighted by Gasteiger charge is -2.00. The van der Waals surface area contributed by atoms with Crippen molar-refractivity contribution in [1.82, 2.24) is 9.55 Å². The van der Waals surface area contributed by atoms with Gasteiger partial charge in [-0.05, 0) is 6.42 Å². The number of aromatic nitrogens is 2. The second-order valence-electron chi connectivity index (χ2n) is 5.10. The van der Waals surface area contributed by atoms with Gasteiger partial charge in [-0.25, -0.2) is 4.98 Å². The van der Waals surface area contributed by atoms with Gasteiger partial charge in [0, 0.05) is 25.3 Å². The predicted octanol–water partition coefficient (Wildman–Crippen LogP) is 5.57. The molecule has 0 aromatic carbocycles. The van der Waals surface area contributed by atoms with Gasteiger partial charge in [-0.15, -0.1) is 11.6 Å². The Kier molecular flexibility index (Phi) is 15.1. The summed E-state index contributed by atoms with van der Waals surface area (Å²) < 4.78 is 1.89. The van der Waals surface area contributed by atoms with Crippen LogP contribution in [0.3, 0.4) is 0 Å². The molecule has 3 heteroatoms. The van der Waals surface area contributed by atoms with Crippen molar-refractivity contribution in [3.05, 3.63) is 18.7 Å². The Bertz CT molecular complexity index is 237. The zero-order valence-electron chi connectivity index (χ0n) is 12.8. The third-order valence-electron chi connectivity index (χ3n) is 3.12. The topological polar surface area (TPSA) is 17.8 Å². The molecule has 0 N–H and O–H groups in total. The Morgan fingerprint density at radius 2 is 1.42 bits per heavy atom. The molecule has 1 heterocycles. The Morgan fingerprint density at radius 1 is 0.895 bits per heavy atom. The molecule has 0 radical (unpaired) electrons. The molecule has 0 fully saturated rings. The van der Waals surface area contributed by atoms with Crippen molar-refractivity contribution >= 4 is 11.6 Å². The highest BCUT2D eigenvalue weighted by Gasteiger charge is 1.91. The first-order valence-corrected chi connectivity index (χ1v) is 8.32. The number of hydrogen-bond donors (Lipinski definition) is 0. The van der Waals surface area contributed by atoms with E-state index in [2.05, 4.69) is 11.9 Å². The van der Waals surface area contributed by atoms with E-state index < -0.39 is 0 Å². The molecule has 1 rings (SSSR count). The zero-order chi connectivity index (χ0) is 14.2. The first-order chi connectivity index (χ1) is 9.31. The summed E-state index contributed by atoms with van der Waals surface area (Å²) in [6, 6.07) is 0. The highest BCUT2D eigenvalue weighted by molar-refractivity contribution is 6.17. The summed E-state index contributed by atoms with van der Waals surface area (Å²) in [5.41, 5.74) is 0. The van der Waals surface area contributed by atoms with Gasteiger partial charge in [0.1, 0.15) is 0 Å². The molecule has 0 aliphatic heterocycles. The lowest BCUT2D eigenvalue weighted by atomic mass is 10.1. The Labute approximate surface area is 124 Å². The largest absolute Gasteiger partial charge is 0.341 e. The van der Waals surface area contributed by atoms with Crippen LogP contribution in [-0.2, 0) is 7.05 Å². The average Bonchev–Trinajstić information content (AvgIpc) is 2.89. The fourth-order valence-corrected chi connectivity index (χ4v) is 2.10. The summed E-state index contributed by atoms with van der Waals surface area (Å²) in [4.78, 5) is 3.78. The van der Waals surface area contributed by atoms with Crippen molar-refractivity contribution in [3.8, 4) is 0 Å². The number of rotatable bonds is 10. The van der Waals surface area contributed by atoms with Crippen molar-refractivity contribution in [2.75, 3.05) is 5.88 Å². The molecule has 19 heavy (non-hydrogen) atoms. The maximum Gasteiger partial charge on any atom is 0.0943 e. The third kappa shape index (κ3) is 15.4. The van der Waals surface area contributed by atoms with Crippen LogP contribution in [0.25, 0.3) is 0 Å². The summed E-state index contributed by atoms with van der Waals surface area (Å²) in [5.74, 6) is 0.844. The highest BCUT2D eigenvalue weighted by atomic mass is 35.5. The van der Waals surface area contributed by atoms with Gasteiger partial charge in [0.2, 0.25) is 0 Å². The van der Waals surface area contributed by atoms with E-state index in [0.717, 1.165) is 5.88 Å². The first kappa shape index (κ1) is 18.5. The lowest BCUT2D eigenvalue weighted by molar-refractivity contribution is 0.563. The van der Waals surface area contributed by atoms with E-state index in [-0.39, 0.29) is 0 Å². The molecule has 0 unspecified atom stereocenters. The molecule has 0 saturated heterocycles. The van der Waals surface area contributed by atoms with Gasteiger partial charge >= 0.3 is 0 Å². The molecule has 0 bridgehead atoms. The summed E-state index contributed by atoms with van der Waals surface area (Å²) in [6.07, 6.45) is 19.3. The number of unbranched alkanes of at least 4 members (excludes halogenated alkanes) is 9. The molecule has 0 saturated carbocycles. The average molecular weight is 287 g/mol. The standard InChI is InChI=1S/C12H25Cl.C4H6N2/c1-2-3-4-5-6-7-8-9-10-11-12-13;1-6-3-2-5-4-6/h2-12H2,1H3;2-4H,1H3. The van der Waals surface area contributed by atoms with Crippen LogP contribution in [-0.4, -0.2) is 15.4 Å². The third-order valence-corrected chi connectivity index (χ3v) is 3.39. The smallest absolute Gasteiger partial charge is 0.0943 e. The van der Waals surface area contributed by atoms with Gasteiger partial charge in [-0.3, -0.25) is 0 Å². The van der Waals surface area contributed by atoms with Crippen molar-refractivity contribution < 1.29 is 0 Å². The molecule has 2 nitrogen and oxygen atoms in total. The first-order valence-electron chi connectivity index (χ1n) is 7.79. The van der Waals surface area contributed by atoms with Crippen LogP contribution in [0.5, 0.6) is 0 Å². The van der Waals surface area contributed by atoms with Gasteiger partial charge in [-0.2, -0.15) is 0 Å². The summed E-state index contributed by atoms with van der Waals surface area (Å²) in [5, 5.41) is 0. The lowest BCUT2D eigenvalue weighted by Crippen LogP contribution is -1.81. The summed E-state index contributed by atoms with van der Waals surface area (Å²) in [6.45, 7) is 2.27. The molecule has 1 aromatic heterocycles. The molecular formula is C16H31ClN2. The van der Waals surface area contributed by atoms with Crippen LogP contribution in [0.2, 0.25) is 0 Å². The summed E-state index contributed by atoms with van der Waals surface area (Å²) in [7, 11) is 1.94. The van der Waals surface area contributed by atoms with Crippen molar-refractivity contribution in [2.45, 2.75) is 71.1 Å². The fourth-order valence-electron chi connectivity index (χ4n) is 1.91. The van der Waals surface area contributed by atoms with Gasteiger partial charge in [0.05, 0.1) is 6.33 Å². The van der Waals surface area contributed by atoms with Crippen LogP contribution in [0.4, 0.5) is 0 Å². The minimum Gasteiger partial charge on any atom is -0.341 e. The van der Waals surface area contributed by atoms with Gasteiger partial charge in [0.15, 0.2) is 0 Å². The van der Waals surface area contributed by atoms with E-state index in [9.17, 15) is 0 Å². The normalized spacial score (nSPS) is 10.1. The summed E-state index contributed by atoms with van der Waals surface area (Å²) >= 11 is 5.60. The van der Waals surface area contributed by atoms with Crippen molar-refractivity contribution in [3.63, 3.8) is 0 Å². The molecule has 1 aromatic rings. The zero-order valence-corrected chi connectivity index (χ0v) is 13.5. The second-order valence-corrected chi connectivity index (χ2v) is 5.48. The van der Waals surface area contributed by atoms with E-state index in [1.54, 1.807) is 12.5 Å². The molecule has 0 atom stereocenters. The maximum absolute atomic E-state index is 5.60. The van der Waals surface area contributed by atoms with Gasteiger partial charge < -0.3 is 4.57 Å². The number of aryl methyl sites for hydroxylation is 1. The van der Waals surface area contributed by atoms with E-state index >= 15 is 0 Å². The number of halogens is 1. The van der Waals surface area contributed by atoms with Crippen molar-refractivity contribution in [1.29, 1.82) is 0 Å². The van der Waals surface area contributed by atoms with Crippen molar-refractivity contribution in [2.24, 2.45) is 7.05 Å². The number of nitrogens with zero attached hydrogens (tertiary/aromatic N) is 2. The monoisotopic (exact) mass is 286 g/mol. The quantitative estimate of drug-likeness (QED) is 0.406. The van der Waals surface area contributed by atoms with E-state index in [4.69, 9.17) is 11.6 Å². The Balaban J connectivity index is 0.000000443. The predicted molar refractivity (Wildman–Crippen MR) is 85.8 cm³/mol. The van der Waals surface area contributed by atoms with E-state index in [1.165, 1.54) is 64.2 Å².